The van der Waals surface area contributed by atoms with Gasteiger partial charge in [0.1, 0.15) is 11.5 Å². The first-order chi connectivity index (χ1) is 18.8. The number of nitrogens with one attached hydrogen (secondary N) is 1. The minimum atomic E-state index is -0.645. The number of halogens is 1. The summed E-state index contributed by atoms with van der Waals surface area (Å²) in [7, 11) is 0. The summed E-state index contributed by atoms with van der Waals surface area (Å²) in [5.74, 6) is -0.439. The van der Waals surface area contributed by atoms with Gasteiger partial charge in [0.15, 0.2) is 6.61 Å². The molecule has 39 heavy (non-hydrogen) atoms. The Bertz CT molecular complexity index is 1560. The Morgan fingerprint density at radius 3 is 2.51 bits per heavy atom. The molecule has 0 radical (unpaired) electrons. The first-order valence-corrected chi connectivity index (χ1v) is 13.4. The molecule has 0 saturated carbocycles. The number of carbonyl (C=O) groups is 3. The summed E-state index contributed by atoms with van der Waals surface area (Å²) < 4.78 is 12.3. The summed E-state index contributed by atoms with van der Waals surface area (Å²) in [4.78, 5) is 39.3. The fourth-order valence-corrected chi connectivity index (χ4v) is 5.04. The standard InChI is InChI=1S/C31H27BrN2O5/c1-19-15-27(20(2)14-26(19)32)33-29(35)18-38-31(37)22-16-30(36)34(17-22)23-10-12-24(13-11-23)39-28-9-5-7-21-6-3-4-8-25(21)28/h3-15,22H,16-18H2,1-2H3,(H,33,35)/t22-/m0/s1. The molecule has 1 aliphatic heterocycles. The van der Waals surface area contributed by atoms with Gasteiger partial charge in [-0.15, -0.1) is 0 Å². The number of hydrogen-bond donors (Lipinski definition) is 1. The second kappa shape index (κ2) is 11.3. The molecule has 0 bridgehead atoms. The van der Waals surface area contributed by atoms with Gasteiger partial charge in [0, 0.05) is 34.2 Å². The highest BCUT2D eigenvalue weighted by atomic mass is 79.9. The van der Waals surface area contributed by atoms with Gasteiger partial charge < -0.3 is 19.7 Å². The fourth-order valence-electron chi connectivity index (χ4n) is 4.58. The van der Waals surface area contributed by atoms with Gasteiger partial charge in [-0.05, 0) is 72.8 Å². The van der Waals surface area contributed by atoms with Crippen LogP contribution in [0.1, 0.15) is 17.5 Å². The molecule has 198 valence electrons. The van der Waals surface area contributed by atoms with E-state index < -0.39 is 24.4 Å². The second-order valence-electron chi connectivity index (χ2n) is 9.55. The Labute approximate surface area is 234 Å². The molecule has 4 aromatic carbocycles. The quantitative estimate of drug-likeness (QED) is 0.248. The third-order valence-electron chi connectivity index (χ3n) is 6.71. The predicted molar refractivity (Wildman–Crippen MR) is 154 cm³/mol. The number of nitrogens with zero attached hydrogens (tertiary/aromatic N) is 1. The zero-order chi connectivity index (χ0) is 27.5. The summed E-state index contributed by atoms with van der Waals surface area (Å²) in [6, 6.07) is 24.8. The lowest BCUT2D eigenvalue weighted by atomic mass is 10.1. The van der Waals surface area contributed by atoms with Crippen molar-refractivity contribution in [3.63, 3.8) is 0 Å². The monoisotopic (exact) mass is 586 g/mol. The number of ether oxygens (including phenoxy) is 2. The topological polar surface area (TPSA) is 84.9 Å². The van der Waals surface area contributed by atoms with Gasteiger partial charge in [0.2, 0.25) is 5.91 Å². The van der Waals surface area contributed by atoms with E-state index in [1.807, 2.05) is 68.4 Å². The van der Waals surface area contributed by atoms with Crippen LogP contribution in [0.4, 0.5) is 11.4 Å². The molecule has 1 heterocycles. The number of carbonyl (C=O) groups excluding carboxylic acids is 3. The predicted octanol–water partition coefficient (Wildman–Crippen LogP) is 6.55. The van der Waals surface area contributed by atoms with Crippen LogP contribution in [0, 0.1) is 19.8 Å². The van der Waals surface area contributed by atoms with E-state index >= 15 is 0 Å². The Hall–Kier alpha value is -4.17. The number of aryl methyl sites for hydroxylation is 2. The Morgan fingerprint density at radius 1 is 0.974 bits per heavy atom. The lowest BCUT2D eigenvalue weighted by molar-refractivity contribution is -0.151. The molecular weight excluding hydrogens is 560 g/mol. The molecular formula is C31H27BrN2O5. The van der Waals surface area contributed by atoms with E-state index in [2.05, 4.69) is 21.2 Å². The maximum Gasteiger partial charge on any atom is 0.311 e. The average molecular weight is 587 g/mol. The normalized spacial score (nSPS) is 14.9. The van der Waals surface area contributed by atoms with Crippen LogP contribution in [0.25, 0.3) is 10.8 Å². The zero-order valence-corrected chi connectivity index (χ0v) is 23.2. The van der Waals surface area contributed by atoms with Crippen LogP contribution in [-0.2, 0) is 19.1 Å². The molecule has 0 aliphatic carbocycles. The van der Waals surface area contributed by atoms with Crippen molar-refractivity contribution in [1.82, 2.24) is 0 Å². The van der Waals surface area contributed by atoms with E-state index in [1.54, 1.807) is 29.2 Å². The number of anilines is 2. The van der Waals surface area contributed by atoms with Crippen molar-refractivity contribution in [3.8, 4) is 11.5 Å². The van der Waals surface area contributed by atoms with E-state index in [9.17, 15) is 14.4 Å². The van der Waals surface area contributed by atoms with E-state index in [4.69, 9.17) is 9.47 Å². The molecule has 5 rings (SSSR count). The van der Waals surface area contributed by atoms with Crippen molar-refractivity contribution in [1.29, 1.82) is 0 Å². The average Bonchev–Trinajstić information content (AvgIpc) is 3.32. The second-order valence-corrected chi connectivity index (χ2v) is 10.4. The maximum atomic E-state index is 12.7. The largest absolute Gasteiger partial charge is 0.457 e. The number of hydrogen-bond acceptors (Lipinski definition) is 5. The van der Waals surface area contributed by atoms with E-state index in [1.165, 1.54) is 0 Å². The molecule has 1 saturated heterocycles. The summed E-state index contributed by atoms with van der Waals surface area (Å²) in [5, 5.41) is 4.87. The van der Waals surface area contributed by atoms with Gasteiger partial charge in [0.05, 0.1) is 5.92 Å². The molecule has 0 spiro atoms. The summed E-state index contributed by atoms with van der Waals surface area (Å²) in [5.41, 5.74) is 3.19. The number of esters is 1. The highest BCUT2D eigenvalue weighted by molar-refractivity contribution is 9.10. The smallest absolute Gasteiger partial charge is 0.311 e. The van der Waals surface area contributed by atoms with Crippen molar-refractivity contribution in [2.45, 2.75) is 20.3 Å². The van der Waals surface area contributed by atoms with Crippen molar-refractivity contribution in [3.05, 3.63) is 94.5 Å². The van der Waals surface area contributed by atoms with Crippen LogP contribution in [-0.4, -0.2) is 30.9 Å². The van der Waals surface area contributed by atoms with Crippen LogP contribution in [0.3, 0.4) is 0 Å². The SMILES string of the molecule is Cc1cc(NC(=O)COC(=O)[C@H]2CC(=O)N(c3ccc(Oc4cccc5ccccc45)cc3)C2)c(C)cc1Br. The van der Waals surface area contributed by atoms with Gasteiger partial charge in [0.25, 0.3) is 5.91 Å². The van der Waals surface area contributed by atoms with Crippen LogP contribution >= 0.6 is 15.9 Å². The van der Waals surface area contributed by atoms with Crippen LogP contribution < -0.4 is 15.0 Å². The summed E-state index contributed by atoms with van der Waals surface area (Å²) >= 11 is 3.47. The lowest BCUT2D eigenvalue weighted by Crippen LogP contribution is -2.28. The number of benzene rings is 4. The van der Waals surface area contributed by atoms with Crippen LogP contribution in [0.15, 0.2) is 83.3 Å². The maximum absolute atomic E-state index is 12.7. The number of rotatable bonds is 7. The zero-order valence-electron chi connectivity index (χ0n) is 21.6. The fraction of sp³-hybridized carbons (Fsp3) is 0.194. The number of amides is 2. The Kier molecular flexibility index (Phi) is 7.65. The van der Waals surface area contributed by atoms with E-state index in [0.717, 1.165) is 32.1 Å². The third-order valence-corrected chi connectivity index (χ3v) is 7.56. The Morgan fingerprint density at radius 2 is 1.72 bits per heavy atom. The van der Waals surface area contributed by atoms with Gasteiger partial charge in [-0.25, -0.2) is 0 Å². The van der Waals surface area contributed by atoms with Crippen LogP contribution in [0.5, 0.6) is 11.5 Å². The molecule has 1 fully saturated rings. The third kappa shape index (κ3) is 5.96. The molecule has 4 aromatic rings. The minimum absolute atomic E-state index is 0.0275. The molecule has 2 amide bonds. The van der Waals surface area contributed by atoms with Gasteiger partial charge in [-0.1, -0.05) is 52.3 Å². The van der Waals surface area contributed by atoms with Gasteiger partial charge in [-0.3, -0.25) is 14.4 Å². The van der Waals surface area contributed by atoms with Crippen molar-refractivity contribution in [2.75, 3.05) is 23.4 Å². The van der Waals surface area contributed by atoms with Crippen molar-refractivity contribution >= 4 is 55.9 Å². The molecule has 1 aliphatic rings. The summed E-state index contributed by atoms with van der Waals surface area (Å²) in [6.45, 7) is 3.58. The molecule has 1 N–H and O–H groups in total. The first kappa shape index (κ1) is 26.4. The molecule has 0 aromatic heterocycles. The van der Waals surface area contributed by atoms with E-state index in [0.29, 0.717) is 17.1 Å². The summed E-state index contributed by atoms with van der Waals surface area (Å²) in [6.07, 6.45) is 0.0275. The van der Waals surface area contributed by atoms with Gasteiger partial charge in [-0.2, -0.15) is 0 Å². The molecule has 7 nitrogen and oxygen atoms in total. The highest BCUT2D eigenvalue weighted by Gasteiger charge is 2.36. The van der Waals surface area contributed by atoms with Crippen molar-refractivity contribution < 1.29 is 23.9 Å². The Balaban J connectivity index is 1.17. The minimum Gasteiger partial charge on any atom is -0.457 e. The van der Waals surface area contributed by atoms with Gasteiger partial charge >= 0.3 is 5.97 Å². The lowest BCUT2D eigenvalue weighted by Gasteiger charge is -2.17. The number of fused-ring (bicyclic) bond motifs is 1. The molecule has 8 heteroatoms. The molecule has 0 unspecified atom stereocenters. The van der Waals surface area contributed by atoms with E-state index in [-0.39, 0.29) is 18.9 Å². The van der Waals surface area contributed by atoms with Crippen LogP contribution in [0.2, 0.25) is 0 Å². The first-order valence-electron chi connectivity index (χ1n) is 12.6. The molecule has 1 atom stereocenters. The van der Waals surface area contributed by atoms with Crippen molar-refractivity contribution in [2.24, 2.45) is 5.92 Å². The highest BCUT2D eigenvalue weighted by Crippen LogP contribution is 2.32.